The van der Waals surface area contributed by atoms with E-state index in [1.54, 1.807) is 13.2 Å². The van der Waals surface area contributed by atoms with Crippen molar-refractivity contribution in [2.24, 2.45) is 0 Å². The first kappa shape index (κ1) is 18.8. The molecule has 0 spiro atoms. The zero-order chi connectivity index (χ0) is 18.6. The number of nitrogens with zero attached hydrogens (tertiary/aromatic N) is 2. The summed E-state index contributed by atoms with van der Waals surface area (Å²) in [5, 5.41) is 0. The molecular formula is C19H23FN2O3S. The lowest BCUT2D eigenvalue weighted by Crippen LogP contribution is -2.49. The lowest BCUT2D eigenvalue weighted by atomic mass is 10.1. The molecule has 2 aromatic rings. The van der Waals surface area contributed by atoms with Gasteiger partial charge in [-0.25, -0.2) is 12.8 Å². The largest absolute Gasteiger partial charge is 0.497 e. The van der Waals surface area contributed by atoms with Crippen LogP contribution in [0.2, 0.25) is 0 Å². The van der Waals surface area contributed by atoms with Crippen LogP contribution >= 0.6 is 0 Å². The number of halogens is 1. The fraction of sp³-hybridized carbons (Fsp3) is 0.368. The van der Waals surface area contributed by atoms with E-state index in [0.29, 0.717) is 26.2 Å². The van der Waals surface area contributed by atoms with Crippen molar-refractivity contribution in [2.75, 3.05) is 39.8 Å². The van der Waals surface area contributed by atoms with Crippen LogP contribution in [0, 0.1) is 5.82 Å². The number of ether oxygens (including phenoxy) is 1. The predicted octanol–water partition coefficient (Wildman–Crippen LogP) is 2.38. The summed E-state index contributed by atoms with van der Waals surface area (Å²) in [4.78, 5) is 1.99. The molecule has 5 nitrogen and oxygen atoms in total. The van der Waals surface area contributed by atoms with Crippen LogP contribution in [0.25, 0.3) is 0 Å². The minimum Gasteiger partial charge on any atom is -0.497 e. The van der Waals surface area contributed by atoms with Crippen molar-refractivity contribution in [2.45, 2.75) is 11.3 Å². The Bertz CT molecular complexity index is 832. The summed E-state index contributed by atoms with van der Waals surface area (Å²) in [6.07, 6.45) is 0.893. The van der Waals surface area contributed by atoms with Crippen molar-refractivity contribution in [3.63, 3.8) is 0 Å². The average molecular weight is 378 g/mol. The quantitative estimate of drug-likeness (QED) is 0.775. The molecule has 0 unspecified atom stereocenters. The maximum Gasteiger partial charge on any atom is 0.246 e. The Morgan fingerprint density at radius 2 is 1.65 bits per heavy atom. The monoisotopic (exact) mass is 378 g/mol. The van der Waals surface area contributed by atoms with Crippen molar-refractivity contribution in [3.8, 4) is 5.75 Å². The van der Waals surface area contributed by atoms with Gasteiger partial charge in [0.2, 0.25) is 10.0 Å². The molecule has 0 atom stereocenters. The summed E-state index contributed by atoms with van der Waals surface area (Å²) >= 11 is 0. The molecule has 7 heteroatoms. The van der Waals surface area contributed by atoms with Gasteiger partial charge >= 0.3 is 0 Å². The molecule has 26 heavy (non-hydrogen) atoms. The highest BCUT2D eigenvalue weighted by atomic mass is 32.2. The number of benzene rings is 2. The molecule has 0 amide bonds. The van der Waals surface area contributed by atoms with Crippen LogP contribution in [0.3, 0.4) is 0 Å². The van der Waals surface area contributed by atoms with E-state index in [1.807, 2.05) is 24.3 Å². The molecule has 0 saturated carbocycles. The van der Waals surface area contributed by atoms with Gasteiger partial charge in [-0.2, -0.15) is 4.31 Å². The topological polar surface area (TPSA) is 49.9 Å². The first-order chi connectivity index (χ1) is 12.5. The maximum atomic E-state index is 13.9. The average Bonchev–Trinajstić information content (AvgIpc) is 2.67. The Morgan fingerprint density at radius 3 is 2.27 bits per heavy atom. The van der Waals surface area contributed by atoms with E-state index >= 15 is 0 Å². The number of sulfonamides is 1. The summed E-state index contributed by atoms with van der Waals surface area (Å²) in [5.74, 6) is 0.134. The van der Waals surface area contributed by atoms with Crippen molar-refractivity contribution in [3.05, 3.63) is 59.9 Å². The molecule has 1 aliphatic rings. The summed E-state index contributed by atoms with van der Waals surface area (Å²) in [6.45, 7) is 2.89. The van der Waals surface area contributed by atoms with Gasteiger partial charge in [0.25, 0.3) is 0 Å². The third-order valence-electron chi connectivity index (χ3n) is 4.66. The van der Waals surface area contributed by atoms with Gasteiger partial charge in [-0.1, -0.05) is 24.3 Å². The molecule has 0 N–H and O–H groups in total. The van der Waals surface area contributed by atoms with Crippen LogP contribution in [0.15, 0.2) is 53.4 Å². The zero-order valence-corrected chi connectivity index (χ0v) is 15.6. The minimum absolute atomic E-state index is 0.244. The third kappa shape index (κ3) is 4.23. The van der Waals surface area contributed by atoms with Crippen LogP contribution in [-0.4, -0.2) is 57.5 Å². The second-order valence-electron chi connectivity index (χ2n) is 6.27. The molecule has 0 bridgehead atoms. The minimum atomic E-state index is -3.77. The molecule has 0 aromatic heterocycles. The standard InChI is InChI=1S/C19H23FN2O3S/c1-25-17-8-6-16(7-9-17)10-11-21-12-14-22(15-13-21)26(23,24)19-5-3-2-4-18(19)20/h2-9H,10-15H2,1H3. The van der Waals surface area contributed by atoms with Gasteiger partial charge in [-0.15, -0.1) is 0 Å². The van der Waals surface area contributed by atoms with Gasteiger partial charge in [-0.3, -0.25) is 0 Å². The number of piperazine rings is 1. The Kier molecular flexibility index (Phi) is 5.90. The number of hydrogen-bond acceptors (Lipinski definition) is 4. The number of rotatable bonds is 6. The highest BCUT2D eigenvalue weighted by Crippen LogP contribution is 2.20. The SMILES string of the molecule is COc1ccc(CCN2CCN(S(=O)(=O)c3ccccc3F)CC2)cc1. The molecule has 0 radical (unpaired) electrons. The Balaban J connectivity index is 1.54. The van der Waals surface area contributed by atoms with Crippen LogP contribution < -0.4 is 4.74 Å². The maximum absolute atomic E-state index is 13.9. The van der Waals surface area contributed by atoms with E-state index in [9.17, 15) is 12.8 Å². The van der Waals surface area contributed by atoms with E-state index in [2.05, 4.69) is 4.90 Å². The molecule has 0 aliphatic carbocycles. The van der Waals surface area contributed by atoms with E-state index in [4.69, 9.17) is 4.74 Å². The van der Waals surface area contributed by atoms with E-state index < -0.39 is 15.8 Å². The first-order valence-electron chi connectivity index (χ1n) is 8.60. The van der Waals surface area contributed by atoms with E-state index in [-0.39, 0.29) is 4.90 Å². The lowest BCUT2D eigenvalue weighted by Gasteiger charge is -2.34. The van der Waals surface area contributed by atoms with Gasteiger partial charge in [0.15, 0.2) is 0 Å². The van der Waals surface area contributed by atoms with Crippen molar-refractivity contribution in [1.29, 1.82) is 0 Å². The molecule has 1 saturated heterocycles. The predicted molar refractivity (Wildman–Crippen MR) is 98.3 cm³/mol. The van der Waals surface area contributed by atoms with Gasteiger partial charge in [-0.05, 0) is 36.2 Å². The van der Waals surface area contributed by atoms with Crippen molar-refractivity contribution >= 4 is 10.0 Å². The fourth-order valence-electron chi connectivity index (χ4n) is 3.07. The molecule has 1 heterocycles. The van der Waals surface area contributed by atoms with E-state index in [1.165, 1.54) is 28.1 Å². The van der Waals surface area contributed by atoms with Crippen LogP contribution in [0.4, 0.5) is 4.39 Å². The van der Waals surface area contributed by atoms with Gasteiger partial charge in [0.1, 0.15) is 16.5 Å². The smallest absolute Gasteiger partial charge is 0.246 e. The zero-order valence-electron chi connectivity index (χ0n) is 14.8. The number of hydrogen-bond donors (Lipinski definition) is 0. The van der Waals surface area contributed by atoms with Gasteiger partial charge in [0, 0.05) is 32.7 Å². The highest BCUT2D eigenvalue weighted by Gasteiger charge is 2.30. The molecule has 2 aromatic carbocycles. The fourth-order valence-corrected chi connectivity index (χ4v) is 4.55. The Labute approximate surface area is 154 Å². The van der Waals surface area contributed by atoms with Crippen LogP contribution in [-0.2, 0) is 16.4 Å². The van der Waals surface area contributed by atoms with Crippen molar-refractivity contribution < 1.29 is 17.5 Å². The normalized spacial score (nSPS) is 16.5. The third-order valence-corrected chi connectivity index (χ3v) is 6.59. The first-order valence-corrected chi connectivity index (χ1v) is 10.0. The second-order valence-corrected chi connectivity index (χ2v) is 8.18. The molecular weight excluding hydrogens is 355 g/mol. The van der Waals surface area contributed by atoms with Crippen LogP contribution in [0.1, 0.15) is 5.56 Å². The molecule has 3 rings (SSSR count). The summed E-state index contributed by atoms with van der Waals surface area (Å²) in [6, 6.07) is 13.5. The number of methoxy groups -OCH3 is 1. The summed E-state index contributed by atoms with van der Waals surface area (Å²) < 4.78 is 45.6. The molecule has 1 aliphatic heterocycles. The summed E-state index contributed by atoms with van der Waals surface area (Å²) in [7, 11) is -2.13. The lowest BCUT2D eigenvalue weighted by molar-refractivity contribution is 0.190. The van der Waals surface area contributed by atoms with Crippen molar-refractivity contribution in [1.82, 2.24) is 9.21 Å². The van der Waals surface area contributed by atoms with Gasteiger partial charge in [0.05, 0.1) is 7.11 Å². The Hall–Kier alpha value is -1.96. The Morgan fingerprint density at radius 1 is 1.00 bits per heavy atom. The molecule has 140 valence electrons. The van der Waals surface area contributed by atoms with Gasteiger partial charge < -0.3 is 9.64 Å². The van der Waals surface area contributed by atoms with E-state index in [0.717, 1.165) is 18.7 Å². The highest BCUT2D eigenvalue weighted by molar-refractivity contribution is 7.89. The summed E-state index contributed by atoms with van der Waals surface area (Å²) in [5.41, 5.74) is 1.22. The second kappa shape index (κ2) is 8.16. The molecule has 1 fully saturated rings. The van der Waals surface area contributed by atoms with Crippen LogP contribution in [0.5, 0.6) is 5.75 Å².